The van der Waals surface area contributed by atoms with Crippen molar-refractivity contribution in [3.63, 3.8) is 0 Å². The normalized spacial score (nSPS) is 15.3. The lowest BCUT2D eigenvalue weighted by molar-refractivity contribution is 0.569. The number of fused-ring (bicyclic) bond motifs is 10. The summed E-state index contributed by atoms with van der Waals surface area (Å²) in [6.07, 6.45) is 0. The zero-order valence-corrected chi connectivity index (χ0v) is 61.0. The van der Waals surface area contributed by atoms with E-state index in [1.807, 2.05) is 109 Å². The average Bonchev–Trinajstić information content (AvgIpc) is 1.66. The Hall–Kier alpha value is -13.4. The van der Waals surface area contributed by atoms with E-state index in [4.69, 9.17) is 9.60 Å². The molecule has 0 amide bonds. The van der Waals surface area contributed by atoms with Gasteiger partial charge in [-0.2, -0.15) is 0 Å². The first-order chi connectivity index (χ1) is 62.5. The fourth-order valence-corrected chi connectivity index (χ4v) is 16.2. The molecule has 2 aliphatic rings. The molecule has 0 N–H and O–H groups in total. The van der Waals surface area contributed by atoms with Gasteiger partial charge in [-0.05, 0) is 227 Å². The van der Waals surface area contributed by atoms with Crippen LogP contribution in [0.2, 0.25) is 0 Å². The molecule has 0 saturated heterocycles. The highest BCUT2D eigenvalue weighted by Gasteiger charge is 2.45. The van der Waals surface area contributed by atoms with Crippen LogP contribution in [-0.2, 0) is 10.8 Å². The average molecular weight is 1430 g/mol. The second kappa shape index (κ2) is 26.2. The molecule has 0 fully saturated rings. The van der Waals surface area contributed by atoms with E-state index in [9.17, 15) is 19.2 Å². The zero-order chi connectivity index (χ0) is 92.2. The lowest BCUT2D eigenvalue weighted by Gasteiger charge is -2.45. The van der Waals surface area contributed by atoms with Gasteiger partial charge in [0.1, 0.15) is 0 Å². The fraction of sp³-hybridized carbons (Fsp3) is 0.0769. The molecule has 2 aliphatic heterocycles. The summed E-state index contributed by atoms with van der Waals surface area (Å²) in [4.78, 5) is 6.07. The molecule has 20 rings (SSSR count). The number of nitrogens with zero attached hydrogens (tertiary/aromatic N) is 5. The largest absolute Gasteiger partial charge is 0.311 e. The number of anilines is 9. The Morgan fingerprint density at radius 3 is 1.03 bits per heavy atom. The summed E-state index contributed by atoms with van der Waals surface area (Å²) in [6, 6.07) is 70.6. The SMILES string of the molecule is [2H]c1c([2H])c([2H])c(N(c2ccc(-n3c4c([2H])c([2H])c([2H])c([2H])c4c4c([2H])c([2H])c([2H])c([2H])c43)cc2)c2ccc3c(c2)N(c2cc(-c4ccccc4)cc(-c4ccccc4)c2)c2cc(-c4cc(C(C)(C)C)cc(C(C)(C)C)c4)cc4c2B3c2ccc(-n3c5c([2H])c([2H])c([2H])c([2H])c5c5c([2H])c([2H])c([2H])c([2H])c53)cc2N4c2cc(-c3ccccc3)cc(-c3ccccc3)c2)c([2H])c1[2H]. The van der Waals surface area contributed by atoms with Crippen molar-refractivity contribution in [3.05, 3.63) is 387 Å². The van der Waals surface area contributed by atoms with Crippen LogP contribution in [0, 0.1) is 0 Å². The van der Waals surface area contributed by atoms with Crippen LogP contribution in [0.1, 0.15) is 81.5 Å². The molecule has 0 bridgehead atoms. The van der Waals surface area contributed by atoms with Gasteiger partial charge in [-0.25, -0.2) is 0 Å². The first-order valence-corrected chi connectivity index (χ1v) is 36.8. The Balaban J connectivity index is 0.947. The number of hydrogen-bond acceptors (Lipinski definition) is 3. The van der Waals surface area contributed by atoms with Gasteiger partial charge in [0.2, 0.25) is 0 Å². The quantitative estimate of drug-likeness (QED) is 0.114. The van der Waals surface area contributed by atoms with E-state index in [0.717, 1.165) is 72.2 Å². The zero-order valence-electron chi connectivity index (χ0n) is 82.0. The molecule has 110 heavy (non-hydrogen) atoms. The van der Waals surface area contributed by atoms with Crippen LogP contribution in [0.15, 0.2) is 376 Å². The Morgan fingerprint density at radius 1 is 0.264 bits per heavy atom. The highest BCUT2D eigenvalue weighted by Crippen LogP contribution is 2.52. The monoisotopic (exact) mass is 1430 g/mol. The van der Waals surface area contributed by atoms with E-state index in [-0.39, 0.29) is 72.0 Å². The van der Waals surface area contributed by atoms with Crippen molar-refractivity contribution in [2.45, 2.75) is 52.4 Å². The summed E-state index contributed by atoms with van der Waals surface area (Å²) in [5.74, 6) is 0. The number of aromatic nitrogens is 2. The van der Waals surface area contributed by atoms with Crippen LogP contribution in [0.3, 0.4) is 0 Å². The minimum absolute atomic E-state index is 0.0772. The minimum Gasteiger partial charge on any atom is -0.311 e. The van der Waals surface area contributed by atoms with Gasteiger partial charge < -0.3 is 23.8 Å². The van der Waals surface area contributed by atoms with Gasteiger partial charge in [0, 0.05) is 84.1 Å². The van der Waals surface area contributed by atoms with Gasteiger partial charge in [-0.3, -0.25) is 0 Å². The molecule has 0 saturated carbocycles. The minimum atomic E-state index is -0.812. The highest BCUT2D eigenvalue weighted by atomic mass is 15.2. The van der Waals surface area contributed by atoms with Crippen LogP contribution >= 0.6 is 0 Å². The van der Waals surface area contributed by atoms with Crippen molar-refractivity contribution in [2.24, 2.45) is 0 Å². The Morgan fingerprint density at radius 2 is 0.609 bits per heavy atom. The fourth-order valence-electron chi connectivity index (χ4n) is 16.2. The lowest BCUT2D eigenvalue weighted by Crippen LogP contribution is -2.61. The van der Waals surface area contributed by atoms with Gasteiger partial charge >= 0.3 is 0 Å². The molecule has 0 spiro atoms. The molecule has 18 aromatic rings. The Labute approximate surface area is 673 Å². The molecule has 6 heteroatoms. The third kappa shape index (κ3) is 11.3. The molecule has 16 aromatic carbocycles. The van der Waals surface area contributed by atoms with Gasteiger partial charge in [0.25, 0.3) is 6.71 Å². The van der Waals surface area contributed by atoms with E-state index in [1.54, 1.807) is 29.2 Å². The van der Waals surface area contributed by atoms with Crippen molar-refractivity contribution in [2.75, 3.05) is 14.7 Å². The summed E-state index contributed by atoms with van der Waals surface area (Å²) in [5.41, 5.74) is 16.3. The van der Waals surface area contributed by atoms with Gasteiger partial charge in [-0.1, -0.05) is 284 Å². The number of benzene rings is 16. The maximum Gasteiger partial charge on any atom is 0.252 e. The van der Waals surface area contributed by atoms with Gasteiger partial charge in [-0.15, -0.1) is 0 Å². The van der Waals surface area contributed by atoms with E-state index in [1.165, 1.54) is 9.13 Å². The first-order valence-electron chi connectivity index (χ1n) is 47.3. The second-order valence-electron chi connectivity index (χ2n) is 30.2. The molecule has 524 valence electrons. The maximum absolute atomic E-state index is 10.0. The molecule has 0 aliphatic carbocycles. The predicted octanol–water partition coefficient (Wildman–Crippen LogP) is 26.4. The third-order valence-corrected chi connectivity index (χ3v) is 21.5. The van der Waals surface area contributed by atoms with Crippen molar-refractivity contribution in [3.8, 4) is 67.0 Å². The molecule has 5 nitrogen and oxygen atoms in total. The van der Waals surface area contributed by atoms with Gasteiger partial charge in [0.05, 0.1) is 50.9 Å². The third-order valence-electron chi connectivity index (χ3n) is 21.5. The van der Waals surface area contributed by atoms with Gasteiger partial charge in [0.15, 0.2) is 0 Å². The lowest BCUT2D eigenvalue weighted by atomic mass is 9.33. The van der Waals surface area contributed by atoms with Crippen LogP contribution in [0.4, 0.5) is 51.2 Å². The maximum atomic E-state index is 10.0. The van der Waals surface area contributed by atoms with Crippen molar-refractivity contribution in [1.29, 1.82) is 0 Å². The molecule has 0 unspecified atom stereocenters. The van der Waals surface area contributed by atoms with E-state index < -0.39 is 144 Å². The summed E-state index contributed by atoms with van der Waals surface area (Å²) in [6.45, 7) is 12.4. The van der Waals surface area contributed by atoms with E-state index in [0.29, 0.717) is 45.0 Å². The molecule has 0 radical (unpaired) electrons. The summed E-state index contributed by atoms with van der Waals surface area (Å²) >= 11 is 0. The van der Waals surface area contributed by atoms with Crippen molar-refractivity contribution in [1.82, 2.24) is 9.13 Å². The predicted molar refractivity (Wildman–Crippen MR) is 468 cm³/mol. The molecular formula is C104H80BN5. The first kappa shape index (κ1) is 47.3. The standard InChI is InChI=1S/C104H80BN5/c1-103(2,3)79-58-77(59-80(66-79)104(4,5)6)78-64-100-102-101(65-78)110(87-62-75(71-34-16-9-17-35-71)57-76(63-87)72-36-18-10-19-37-72)99-68-85(108-96-46-28-24-42-90(96)91-43-25-29-47-97(91)108)53-55-93(99)105(102)92-54-52-84(67-98(92)109(100)86-60-73(69-30-12-7-13-31-69)56-74(61-86)70-32-14-8-15-33-70)106(81-38-20-11-21-39-81)82-48-50-83(51-49-82)107-94-44-26-22-40-88(94)89-41-23-27-45-95(89)107/h7-68H,1-6H3/i11D,20D,21D,22D,23D,24D,25D,26D,27D,28D,29D,38D,39D,40D,41D,42D,43D,44D,45D,46D,47D. The molecule has 0 atom stereocenters. The van der Waals surface area contributed by atoms with Crippen molar-refractivity contribution < 1.29 is 28.8 Å². The number of rotatable bonds is 12. The summed E-state index contributed by atoms with van der Waals surface area (Å²) in [7, 11) is 0. The second-order valence-corrected chi connectivity index (χ2v) is 30.2. The van der Waals surface area contributed by atoms with Crippen LogP contribution < -0.4 is 31.1 Å². The number of para-hydroxylation sites is 5. The Kier molecular flexibility index (Phi) is 11.3. The molecular weight excluding hydrogens is 1330 g/mol. The van der Waals surface area contributed by atoms with Crippen LogP contribution in [-0.4, -0.2) is 15.8 Å². The van der Waals surface area contributed by atoms with E-state index >= 15 is 0 Å². The van der Waals surface area contributed by atoms with Crippen LogP contribution in [0.5, 0.6) is 0 Å². The summed E-state index contributed by atoms with van der Waals surface area (Å²) < 4.78 is 200. The van der Waals surface area contributed by atoms with Crippen molar-refractivity contribution >= 4 is 118 Å². The Bertz CT molecular complexity index is 7620. The van der Waals surface area contributed by atoms with E-state index in [2.05, 4.69) is 167 Å². The molecule has 4 heterocycles. The molecule has 2 aromatic heterocycles. The topological polar surface area (TPSA) is 19.6 Å². The smallest absolute Gasteiger partial charge is 0.252 e. The summed E-state index contributed by atoms with van der Waals surface area (Å²) in [5, 5.41) is -0.466. The number of hydrogen-bond donors (Lipinski definition) is 0. The highest BCUT2D eigenvalue weighted by molar-refractivity contribution is 7.00. The van der Waals surface area contributed by atoms with Crippen LogP contribution in [0.25, 0.3) is 111 Å².